The van der Waals surface area contributed by atoms with Crippen LogP contribution in [0.2, 0.25) is 0 Å². The maximum atomic E-state index is 11.3. The third-order valence-corrected chi connectivity index (χ3v) is 4.45. The van der Waals surface area contributed by atoms with E-state index in [-0.39, 0.29) is 12.0 Å². The van der Waals surface area contributed by atoms with Gasteiger partial charge in [-0.05, 0) is 25.0 Å². The molecule has 0 aromatic rings. The van der Waals surface area contributed by atoms with Crippen molar-refractivity contribution in [2.24, 2.45) is 0 Å². The number of nitrogens with zero attached hydrogens (tertiary/aromatic N) is 1. The molecule has 0 radical (unpaired) electrons. The second-order valence-corrected chi connectivity index (χ2v) is 5.37. The predicted octanol–water partition coefficient (Wildman–Crippen LogP) is 1.13. The van der Waals surface area contributed by atoms with E-state index in [1.165, 1.54) is 25.7 Å². The minimum atomic E-state index is -0.0563. The molecular weight excluding hydrogens is 198 g/mol. The van der Waals surface area contributed by atoms with E-state index in [9.17, 15) is 4.79 Å². The number of hydrogen-bond acceptors (Lipinski definition) is 4. The van der Waals surface area contributed by atoms with Gasteiger partial charge in [0.25, 0.3) is 0 Å². The lowest BCUT2D eigenvalue weighted by Crippen LogP contribution is -2.54. The fraction of sp³-hybridized carbons (Fsp3) is 0.900. The number of thioether (sulfide) groups is 1. The van der Waals surface area contributed by atoms with Gasteiger partial charge in [0, 0.05) is 18.3 Å². The maximum Gasteiger partial charge on any atom is 0.323 e. The van der Waals surface area contributed by atoms with Crippen molar-refractivity contribution in [3.63, 3.8) is 0 Å². The Morgan fingerprint density at radius 1 is 1.57 bits per heavy atom. The number of methoxy groups -OCH3 is 1. The molecule has 2 aliphatic heterocycles. The van der Waals surface area contributed by atoms with Crippen LogP contribution >= 0.6 is 11.8 Å². The Bertz CT molecular complexity index is 216. The molecular formula is C10H17NO2S. The third kappa shape index (κ3) is 2.06. The maximum absolute atomic E-state index is 11.3. The fourth-order valence-electron chi connectivity index (χ4n) is 2.11. The van der Waals surface area contributed by atoms with Gasteiger partial charge in [-0.25, -0.2) is 0 Å². The zero-order valence-electron chi connectivity index (χ0n) is 8.57. The van der Waals surface area contributed by atoms with Gasteiger partial charge in [0.1, 0.15) is 6.04 Å². The van der Waals surface area contributed by atoms with Crippen LogP contribution in [0.3, 0.4) is 0 Å². The molecule has 2 heterocycles. The van der Waals surface area contributed by atoms with Crippen LogP contribution in [-0.4, -0.2) is 48.1 Å². The quantitative estimate of drug-likeness (QED) is 0.660. The average Bonchev–Trinajstić information content (AvgIpc) is 2.64. The second kappa shape index (κ2) is 4.53. The van der Waals surface area contributed by atoms with Crippen LogP contribution in [0.15, 0.2) is 0 Å². The van der Waals surface area contributed by atoms with E-state index in [4.69, 9.17) is 4.74 Å². The fourth-order valence-corrected chi connectivity index (χ4v) is 3.41. The molecule has 0 aromatic carbocycles. The molecule has 2 aliphatic rings. The number of carbonyl (C=O) groups is 1. The van der Waals surface area contributed by atoms with Gasteiger partial charge in [-0.3, -0.25) is 9.69 Å². The summed E-state index contributed by atoms with van der Waals surface area (Å²) in [6.07, 6.45) is 3.63. The van der Waals surface area contributed by atoms with E-state index < -0.39 is 0 Å². The van der Waals surface area contributed by atoms with E-state index in [1.54, 1.807) is 0 Å². The van der Waals surface area contributed by atoms with Crippen molar-refractivity contribution in [3.05, 3.63) is 0 Å². The topological polar surface area (TPSA) is 29.5 Å². The van der Waals surface area contributed by atoms with Crippen LogP contribution in [0.1, 0.15) is 19.3 Å². The molecule has 0 spiro atoms. The molecule has 2 saturated heterocycles. The summed E-state index contributed by atoms with van der Waals surface area (Å²) < 4.78 is 4.76. The number of hydrogen-bond donors (Lipinski definition) is 0. The summed E-state index contributed by atoms with van der Waals surface area (Å²) >= 11 is 2.05. The SMILES string of the molecule is COC(=O)C1CCN1CC1CCCS1. The average molecular weight is 215 g/mol. The van der Waals surface area contributed by atoms with Crippen molar-refractivity contribution < 1.29 is 9.53 Å². The molecule has 4 heteroatoms. The number of ether oxygens (including phenoxy) is 1. The standard InChI is InChI=1S/C10H17NO2S/c1-13-10(12)9-4-5-11(9)7-8-3-2-6-14-8/h8-9H,2-7H2,1H3. The lowest BCUT2D eigenvalue weighted by molar-refractivity contribution is -0.151. The number of esters is 1. The highest BCUT2D eigenvalue weighted by Gasteiger charge is 2.36. The van der Waals surface area contributed by atoms with Crippen LogP contribution in [0.5, 0.6) is 0 Å². The Labute approximate surface area is 89.2 Å². The Morgan fingerprint density at radius 2 is 2.43 bits per heavy atom. The Hall–Kier alpha value is -0.220. The van der Waals surface area contributed by atoms with Gasteiger partial charge in [0.05, 0.1) is 7.11 Å². The first-order valence-electron chi connectivity index (χ1n) is 5.24. The summed E-state index contributed by atoms with van der Waals surface area (Å²) in [7, 11) is 1.48. The molecule has 0 N–H and O–H groups in total. The number of likely N-dealkylation sites (tertiary alicyclic amines) is 1. The van der Waals surface area contributed by atoms with E-state index in [2.05, 4.69) is 4.90 Å². The van der Waals surface area contributed by atoms with Gasteiger partial charge in [-0.2, -0.15) is 11.8 Å². The first kappa shape index (κ1) is 10.3. The van der Waals surface area contributed by atoms with Gasteiger partial charge < -0.3 is 4.74 Å². The van der Waals surface area contributed by atoms with Gasteiger partial charge in [-0.1, -0.05) is 0 Å². The largest absolute Gasteiger partial charge is 0.468 e. The third-order valence-electron chi connectivity index (χ3n) is 3.07. The van der Waals surface area contributed by atoms with Crippen molar-refractivity contribution >= 4 is 17.7 Å². The molecule has 2 fully saturated rings. The smallest absolute Gasteiger partial charge is 0.323 e. The summed E-state index contributed by atoms with van der Waals surface area (Å²) in [6, 6.07) is 0.0567. The highest BCUT2D eigenvalue weighted by molar-refractivity contribution is 8.00. The molecule has 0 saturated carbocycles. The van der Waals surface area contributed by atoms with E-state index in [0.717, 1.165) is 24.8 Å². The molecule has 14 heavy (non-hydrogen) atoms. The van der Waals surface area contributed by atoms with Gasteiger partial charge in [0.15, 0.2) is 0 Å². The van der Waals surface area contributed by atoms with E-state index in [1.807, 2.05) is 11.8 Å². The highest BCUT2D eigenvalue weighted by Crippen LogP contribution is 2.29. The molecule has 80 valence electrons. The van der Waals surface area contributed by atoms with Crippen molar-refractivity contribution in [1.29, 1.82) is 0 Å². The van der Waals surface area contributed by atoms with Gasteiger partial charge in [0.2, 0.25) is 0 Å². The van der Waals surface area contributed by atoms with Crippen molar-refractivity contribution in [2.75, 3.05) is 26.0 Å². The monoisotopic (exact) mass is 215 g/mol. The summed E-state index contributed by atoms with van der Waals surface area (Å²) in [5, 5.41) is 0.752. The summed E-state index contributed by atoms with van der Waals surface area (Å²) in [5.41, 5.74) is 0. The van der Waals surface area contributed by atoms with E-state index >= 15 is 0 Å². The Kier molecular flexibility index (Phi) is 3.34. The molecule has 0 bridgehead atoms. The summed E-state index contributed by atoms with van der Waals surface area (Å²) in [4.78, 5) is 13.6. The molecule has 2 atom stereocenters. The lowest BCUT2D eigenvalue weighted by Gasteiger charge is -2.39. The number of carbonyl (C=O) groups excluding carboxylic acids is 1. The van der Waals surface area contributed by atoms with Gasteiger partial charge >= 0.3 is 5.97 Å². The van der Waals surface area contributed by atoms with Crippen molar-refractivity contribution in [3.8, 4) is 0 Å². The Balaban J connectivity index is 1.78. The summed E-state index contributed by atoms with van der Waals surface area (Å²) in [5.74, 6) is 1.24. The minimum absolute atomic E-state index is 0.0563. The van der Waals surface area contributed by atoms with Crippen molar-refractivity contribution in [2.45, 2.75) is 30.6 Å². The van der Waals surface area contributed by atoms with Crippen LogP contribution < -0.4 is 0 Å². The second-order valence-electron chi connectivity index (χ2n) is 3.96. The first-order chi connectivity index (χ1) is 6.81. The molecule has 0 aromatic heterocycles. The molecule has 0 amide bonds. The molecule has 2 unspecified atom stereocenters. The zero-order valence-corrected chi connectivity index (χ0v) is 9.39. The van der Waals surface area contributed by atoms with Crippen LogP contribution in [0, 0.1) is 0 Å². The van der Waals surface area contributed by atoms with Crippen LogP contribution in [0.4, 0.5) is 0 Å². The number of rotatable bonds is 3. The zero-order chi connectivity index (χ0) is 9.97. The molecule has 0 aliphatic carbocycles. The summed E-state index contributed by atoms with van der Waals surface area (Å²) in [6.45, 7) is 2.14. The van der Waals surface area contributed by atoms with Crippen LogP contribution in [0.25, 0.3) is 0 Å². The predicted molar refractivity (Wildman–Crippen MR) is 57.5 cm³/mol. The van der Waals surface area contributed by atoms with Gasteiger partial charge in [-0.15, -0.1) is 0 Å². The highest BCUT2D eigenvalue weighted by atomic mass is 32.2. The normalized spacial score (nSPS) is 32.6. The van der Waals surface area contributed by atoms with Crippen LogP contribution in [-0.2, 0) is 9.53 Å². The first-order valence-corrected chi connectivity index (χ1v) is 6.29. The van der Waals surface area contributed by atoms with Crippen molar-refractivity contribution in [1.82, 2.24) is 4.90 Å². The minimum Gasteiger partial charge on any atom is -0.468 e. The molecule has 3 nitrogen and oxygen atoms in total. The lowest BCUT2D eigenvalue weighted by atomic mass is 10.0. The Morgan fingerprint density at radius 3 is 2.93 bits per heavy atom. The molecule has 2 rings (SSSR count). The van der Waals surface area contributed by atoms with E-state index in [0.29, 0.717) is 0 Å².